The average Bonchev–Trinajstić information content (AvgIpc) is 2.87. The number of nitrogens with zero attached hydrogens (tertiary/aromatic N) is 2. The van der Waals surface area contributed by atoms with Gasteiger partial charge in [0.05, 0.1) is 7.11 Å². The third-order valence-electron chi connectivity index (χ3n) is 3.36. The van der Waals surface area contributed by atoms with Gasteiger partial charge < -0.3 is 10.1 Å². The maximum atomic E-state index is 12.2. The van der Waals surface area contributed by atoms with Crippen LogP contribution < -0.4 is 5.32 Å². The number of methoxy groups -OCH3 is 1. The fourth-order valence-electron chi connectivity index (χ4n) is 2.03. The zero-order valence-corrected chi connectivity index (χ0v) is 13.1. The fraction of sp³-hybridized carbons (Fsp3) is 0.312. The Hall–Kier alpha value is -2.63. The molecular formula is C16H19N3O3. The molecule has 0 fully saturated rings. The summed E-state index contributed by atoms with van der Waals surface area (Å²) in [6.45, 7) is 4.19. The molecule has 0 aliphatic heterocycles. The van der Waals surface area contributed by atoms with E-state index < -0.39 is 5.97 Å². The molecule has 6 nitrogen and oxygen atoms in total. The van der Waals surface area contributed by atoms with Crippen LogP contribution in [0.15, 0.2) is 30.3 Å². The highest BCUT2D eigenvalue weighted by atomic mass is 16.5. The largest absolute Gasteiger partial charge is 0.464 e. The van der Waals surface area contributed by atoms with Crippen LogP contribution in [-0.2, 0) is 11.8 Å². The lowest BCUT2D eigenvalue weighted by molar-refractivity contribution is 0.0588. The summed E-state index contributed by atoms with van der Waals surface area (Å²) in [6.07, 6.45) is 0. The van der Waals surface area contributed by atoms with Crippen molar-refractivity contribution in [2.75, 3.05) is 12.4 Å². The predicted octanol–water partition coefficient (Wildman–Crippen LogP) is 2.58. The number of rotatable bonds is 4. The number of nitrogens with one attached hydrogen (secondary N) is 1. The van der Waals surface area contributed by atoms with E-state index >= 15 is 0 Å². The lowest BCUT2D eigenvalue weighted by Gasteiger charge is -2.06. The van der Waals surface area contributed by atoms with Crippen LogP contribution >= 0.6 is 0 Å². The molecule has 0 radical (unpaired) electrons. The molecule has 0 aliphatic carbocycles. The minimum Gasteiger partial charge on any atom is -0.464 e. The molecule has 0 unspecified atom stereocenters. The van der Waals surface area contributed by atoms with Crippen molar-refractivity contribution in [3.8, 4) is 0 Å². The van der Waals surface area contributed by atoms with E-state index in [2.05, 4.69) is 29.0 Å². The third-order valence-corrected chi connectivity index (χ3v) is 3.36. The van der Waals surface area contributed by atoms with Gasteiger partial charge in [0.2, 0.25) is 0 Å². The molecule has 1 aromatic carbocycles. The van der Waals surface area contributed by atoms with Crippen molar-refractivity contribution in [3.05, 3.63) is 47.2 Å². The highest BCUT2D eigenvalue weighted by Crippen LogP contribution is 2.16. The Labute approximate surface area is 129 Å². The summed E-state index contributed by atoms with van der Waals surface area (Å²) >= 11 is 0. The molecule has 1 N–H and O–H groups in total. The van der Waals surface area contributed by atoms with Gasteiger partial charge in [0.15, 0.2) is 5.82 Å². The van der Waals surface area contributed by atoms with Crippen molar-refractivity contribution in [1.82, 2.24) is 9.78 Å². The second kappa shape index (κ2) is 6.43. The molecule has 0 aliphatic rings. The monoisotopic (exact) mass is 301 g/mol. The molecule has 116 valence electrons. The number of aromatic nitrogens is 2. The van der Waals surface area contributed by atoms with Crippen LogP contribution in [-0.4, -0.2) is 28.8 Å². The van der Waals surface area contributed by atoms with Gasteiger partial charge in [-0.2, -0.15) is 5.10 Å². The van der Waals surface area contributed by atoms with Crippen molar-refractivity contribution in [2.45, 2.75) is 19.8 Å². The maximum absolute atomic E-state index is 12.2. The molecule has 22 heavy (non-hydrogen) atoms. The predicted molar refractivity (Wildman–Crippen MR) is 83.0 cm³/mol. The molecular weight excluding hydrogens is 282 g/mol. The third kappa shape index (κ3) is 3.33. The van der Waals surface area contributed by atoms with Crippen molar-refractivity contribution in [3.63, 3.8) is 0 Å². The normalized spacial score (nSPS) is 10.6. The zero-order chi connectivity index (χ0) is 16.3. The number of aryl methyl sites for hydroxylation is 1. The minimum absolute atomic E-state index is 0.271. The van der Waals surface area contributed by atoms with E-state index in [0.717, 1.165) is 0 Å². The van der Waals surface area contributed by atoms with Gasteiger partial charge in [-0.15, -0.1) is 0 Å². The van der Waals surface area contributed by atoms with Crippen LogP contribution in [0, 0.1) is 0 Å². The number of hydrogen-bond acceptors (Lipinski definition) is 4. The first-order chi connectivity index (χ1) is 10.4. The molecule has 6 heteroatoms. The summed E-state index contributed by atoms with van der Waals surface area (Å²) in [7, 11) is 2.91. The minimum atomic E-state index is -0.503. The lowest BCUT2D eigenvalue weighted by Crippen LogP contribution is -2.12. The van der Waals surface area contributed by atoms with Gasteiger partial charge in [0, 0.05) is 18.7 Å². The molecule has 2 rings (SSSR count). The van der Waals surface area contributed by atoms with E-state index in [1.807, 2.05) is 12.1 Å². The van der Waals surface area contributed by atoms with E-state index in [9.17, 15) is 9.59 Å². The molecule has 0 bridgehead atoms. The Kier molecular flexibility index (Phi) is 4.60. The van der Waals surface area contributed by atoms with Gasteiger partial charge in [0.25, 0.3) is 5.91 Å². The second-order valence-corrected chi connectivity index (χ2v) is 5.26. The molecule has 1 amide bonds. The Morgan fingerprint density at radius 2 is 1.86 bits per heavy atom. The highest BCUT2D eigenvalue weighted by molar-refractivity contribution is 6.04. The van der Waals surface area contributed by atoms with Gasteiger partial charge in [-0.25, -0.2) is 4.79 Å². The number of benzene rings is 1. The number of carbonyl (C=O) groups excluding carboxylic acids is 2. The Balaban J connectivity index is 2.13. The summed E-state index contributed by atoms with van der Waals surface area (Å²) < 4.78 is 6.01. The van der Waals surface area contributed by atoms with E-state index in [4.69, 9.17) is 0 Å². The Morgan fingerprint density at radius 1 is 1.23 bits per heavy atom. The number of anilines is 1. The van der Waals surface area contributed by atoms with Gasteiger partial charge >= 0.3 is 5.97 Å². The van der Waals surface area contributed by atoms with Gasteiger partial charge in [-0.05, 0) is 23.6 Å². The number of carbonyl (C=O) groups is 2. The standard InChI is InChI=1S/C16H19N3O3/c1-10(2)11-5-7-12(8-6-11)15(20)17-14-9-13(16(21)22-4)19(3)18-14/h5-10H,1-4H3,(H,17,18,20). The van der Waals surface area contributed by atoms with Crippen molar-refractivity contribution < 1.29 is 14.3 Å². The quantitative estimate of drug-likeness (QED) is 0.881. The topological polar surface area (TPSA) is 73.2 Å². The molecule has 1 aromatic heterocycles. The molecule has 0 saturated heterocycles. The number of amides is 1. The van der Waals surface area contributed by atoms with Crippen molar-refractivity contribution in [1.29, 1.82) is 0 Å². The number of esters is 1. The first-order valence-electron chi connectivity index (χ1n) is 6.96. The smallest absolute Gasteiger partial charge is 0.356 e. The Bertz CT molecular complexity index is 687. The molecule has 2 aromatic rings. The fourth-order valence-corrected chi connectivity index (χ4v) is 2.03. The SMILES string of the molecule is COC(=O)c1cc(NC(=O)c2ccc(C(C)C)cc2)nn1C. The first-order valence-corrected chi connectivity index (χ1v) is 6.96. The van der Waals surface area contributed by atoms with Crippen LogP contribution in [0.25, 0.3) is 0 Å². The summed E-state index contributed by atoms with van der Waals surface area (Å²) in [6, 6.07) is 8.88. The van der Waals surface area contributed by atoms with Crippen molar-refractivity contribution in [2.24, 2.45) is 7.05 Å². The van der Waals surface area contributed by atoms with E-state index in [1.165, 1.54) is 23.4 Å². The summed E-state index contributed by atoms with van der Waals surface area (Å²) in [5.74, 6) is -0.0574. The van der Waals surface area contributed by atoms with E-state index in [-0.39, 0.29) is 11.6 Å². The maximum Gasteiger partial charge on any atom is 0.356 e. The van der Waals surface area contributed by atoms with Crippen LogP contribution in [0.2, 0.25) is 0 Å². The molecule has 0 saturated carbocycles. The number of ether oxygens (including phenoxy) is 1. The van der Waals surface area contributed by atoms with Gasteiger partial charge in [-0.1, -0.05) is 26.0 Å². The van der Waals surface area contributed by atoms with Crippen LogP contribution in [0.3, 0.4) is 0 Å². The Morgan fingerprint density at radius 3 is 2.41 bits per heavy atom. The van der Waals surface area contributed by atoms with Crippen LogP contribution in [0.5, 0.6) is 0 Å². The highest BCUT2D eigenvalue weighted by Gasteiger charge is 2.15. The first kappa shape index (κ1) is 15.8. The summed E-state index contributed by atoms with van der Waals surface area (Å²) in [5.41, 5.74) is 1.98. The van der Waals surface area contributed by atoms with Gasteiger partial charge in [0.1, 0.15) is 5.69 Å². The molecule has 1 heterocycles. The summed E-state index contributed by atoms with van der Waals surface area (Å²) in [5, 5.41) is 6.74. The van der Waals surface area contributed by atoms with Crippen LogP contribution in [0.4, 0.5) is 5.82 Å². The molecule has 0 atom stereocenters. The van der Waals surface area contributed by atoms with E-state index in [0.29, 0.717) is 17.3 Å². The summed E-state index contributed by atoms with van der Waals surface area (Å²) in [4.78, 5) is 23.7. The van der Waals surface area contributed by atoms with E-state index in [1.54, 1.807) is 19.2 Å². The second-order valence-electron chi connectivity index (χ2n) is 5.26. The average molecular weight is 301 g/mol. The lowest BCUT2D eigenvalue weighted by atomic mass is 10.0. The van der Waals surface area contributed by atoms with Crippen LogP contribution in [0.1, 0.15) is 46.2 Å². The van der Waals surface area contributed by atoms with Gasteiger partial charge in [-0.3, -0.25) is 9.48 Å². The van der Waals surface area contributed by atoms with Crippen molar-refractivity contribution >= 4 is 17.7 Å². The molecule has 0 spiro atoms. The number of hydrogen-bond donors (Lipinski definition) is 1. The zero-order valence-electron chi connectivity index (χ0n) is 13.1.